The molecule has 0 amide bonds. The molecule has 1 nitrogen and oxygen atoms in total. The predicted octanol–water partition coefficient (Wildman–Crippen LogP) is 3.13. The van der Waals surface area contributed by atoms with E-state index in [1.165, 1.54) is 5.56 Å². The van der Waals surface area contributed by atoms with E-state index in [4.69, 9.17) is 11.6 Å². The molecule has 1 atom stereocenters. The summed E-state index contributed by atoms with van der Waals surface area (Å²) in [6, 6.07) is 7.79. The van der Waals surface area contributed by atoms with Gasteiger partial charge in [-0.2, -0.15) is 0 Å². The minimum absolute atomic E-state index is 0.0190. The van der Waals surface area contributed by atoms with E-state index >= 15 is 0 Å². The van der Waals surface area contributed by atoms with Crippen molar-refractivity contribution >= 4 is 34.2 Å². The second-order valence-corrected chi connectivity index (χ2v) is 5.12. The van der Waals surface area contributed by atoms with Crippen molar-refractivity contribution in [3.05, 3.63) is 34.9 Å². The average molecular weight is 309 g/mol. The van der Waals surface area contributed by atoms with Gasteiger partial charge in [0.1, 0.15) is 4.11 Å². The van der Waals surface area contributed by atoms with Crippen molar-refractivity contribution < 1.29 is 5.11 Å². The van der Waals surface area contributed by atoms with E-state index in [9.17, 15) is 5.11 Å². The number of benzene rings is 1. The quantitative estimate of drug-likeness (QED) is 0.657. The van der Waals surface area contributed by atoms with E-state index in [1.807, 2.05) is 24.3 Å². The van der Waals surface area contributed by atoms with Gasteiger partial charge in [0.15, 0.2) is 0 Å². The zero-order chi connectivity index (χ0) is 9.47. The average Bonchev–Trinajstić information content (AvgIpc) is 2.86. The Labute approximate surface area is 96.2 Å². The fourth-order valence-corrected chi connectivity index (χ4v) is 2.69. The van der Waals surface area contributed by atoms with Gasteiger partial charge in [-0.05, 0) is 30.5 Å². The van der Waals surface area contributed by atoms with Gasteiger partial charge in [-0.15, -0.1) is 0 Å². The standard InChI is InChI=1S/C10H10ClIO/c11-8-3-1-7(2-4-8)10(5-6-10)9(12)13/h1-4,9,13H,5-6H2. The molecular formula is C10H10ClIO. The van der Waals surface area contributed by atoms with Crippen molar-refractivity contribution in [3.63, 3.8) is 0 Å². The molecule has 0 saturated heterocycles. The van der Waals surface area contributed by atoms with Crippen LogP contribution in [0.4, 0.5) is 0 Å². The van der Waals surface area contributed by atoms with Crippen LogP contribution in [0.2, 0.25) is 5.02 Å². The Morgan fingerprint density at radius 2 is 1.85 bits per heavy atom. The number of rotatable bonds is 2. The molecule has 0 aliphatic heterocycles. The molecule has 0 aromatic heterocycles. The van der Waals surface area contributed by atoms with Gasteiger partial charge in [-0.1, -0.05) is 46.3 Å². The Morgan fingerprint density at radius 1 is 1.31 bits per heavy atom. The summed E-state index contributed by atoms with van der Waals surface area (Å²) >= 11 is 7.88. The van der Waals surface area contributed by atoms with E-state index in [1.54, 1.807) is 0 Å². The molecule has 0 spiro atoms. The molecule has 3 heteroatoms. The molecule has 1 N–H and O–H groups in total. The minimum Gasteiger partial charge on any atom is -0.382 e. The lowest BCUT2D eigenvalue weighted by Crippen LogP contribution is -2.19. The van der Waals surface area contributed by atoms with Crippen molar-refractivity contribution in [1.82, 2.24) is 0 Å². The first kappa shape index (κ1) is 9.74. The molecule has 1 fully saturated rings. The molecule has 0 heterocycles. The van der Waals surface area contributed by atoms with Crippen molar-refractivity contribution in [1.29, 1.82) is 0 Å². The summed E-state index contributed by atoms with van der Waals surface area (Å²) in [5, 5.41) is 10.4. The highest BCUT2D eigenvalue weighted by molar-refractivity contribution is 14.1. The number of alkyl halides is 1. The van der Waals surface area contributed by atoms with Gasteiger partial charge < -0.3 is 5.11 Å². The molecule has 1 aromatic rings. The van der Waals surface area contributed by atoms with E-state index < -0.39 is 0 Å². The largest absolute Gasteiger partial charge is 0.382 e. The number of hydrogen-bond acceptors (Lipinski definition) is 1. The van der Waals surface area contributed by atoms with Crippen LogP contribution in [0.15, 0.2) is 24.3 Å². The first-order chi connectivity index (χ1) is 6.15. The van der Waals surface area contributed by atoms with Crippen LogP contribution in [-0.2, 0) is 5.41 Å². The van der Waals surface area contributed by atoms with Crippen molar-refractivity contribution in [3.8, 4) is 0 Å². The van der Waals surface area contributed by atoms with Gasteiger partial charge in [0.05, 0.1) is 0 Å². The highest BCUT2D eigenvalue weighted by atomic mass is 127. The van der Waals surface area contributed by atoms with Gasteiger partial charge in [0.25, 0.3) is 0 Å². The molecule has 0 bridgehead atoms. The molecule has 2 rings (SSSR count). The summed E-state index contributed by atoms with van der Waals surface area (Å²) in [4.78, 5) is 0. The Balaban J connectivity index is 2.31. The lowest BCUT2D eigenvalue weighted by Gasteiger charge is -2.17. The molecule has 1 aliphatic carbocycles. The topological polar surface area (TPSA) is 20.2 Å². The third-order valence-electron chi connectivity index (χ3n) is 2.66. The van der Waals surface area contributed by atoms with E-state index in [0.29, 0.717) is 0 Å². The predicted molar refractivity (Wildman–Crippen MR) is 62.4 cm³/mol. The van der Waals surface area contributed by atoms with Gasteiger partial charge in [0, 0.05) is 10.4 Å². The Morgan fingerprint density at radius 3 is 2.23 bits per heavy atom. The molecule has 70 valence electrons. The molecular weight excluding hydrogens is 298 g/mol. The number of halogens is 2. The van der Waals surface area contributed by atoms with Crippen molar-refractivity contribution in [2.75, 3.05) is 0 Å². The molecule has 1 aromatic carbocycles. The lowest BCUT2D eigenvalue weighted by atomic mass is 9.97. The van der Waals surface area contributed by atoms with Crippen LogP contribution in [-0.4, -0.2) is 9.22 Å². The van der Waals surface area contributed by atoms with Crippen LogP contribution in [0, 0.1) is 0 Å². The van der Waals surface area contributed by atoms with Gasteiger partial charge >= 0.3 is 0 Å². The van der Waals surface area contributed by atoms with Crippen molar-refractivity contribution in [2.45, 2.75) is 22.4 Å². The lowest BCUT2D eigenvalue weighted by molar-refractivity contribution is 0.235. The summed E-state index contributed by atoms with van der Waals surface area (Å²) in [6.45, 7) is 0. The van der Waals surface area contributed by atoms with Gasteiger partial charge in [-0.3, -0.25) is 0 Å². The number of hydrogen-bond donors (Lipinski definition) is 1. The highest BCUT2D eigenvalue weighted by Crippen LogP contribution is 2.52. The fourth-order valence-electron chi connectivity index (χ4n) is 1.58. The second-order valence-electron chi connectivity index (χ2n) is 3.50. The third kappa shape index (κ3) is 1.72. The molecule has 1 unspecified atom stereocenters. The first-order valence-electron chi connectivity index (χ1n) is 4.23. The van der Waals surface area contributed by atoms with Crippen LogP contribution in [0.1, 0.15) is 18.4 Å². The third-order valence-corrected chi connectivity index (χ3v) is 4.11. The van der Waals surface area contributed by atoms with E-state index in [0.717, 1.165) is 17.9 Å². The van der Waals surface area contributed by atoms with Crippen LogP contribution in [0.5, 0.6) is 0 Å². The number of aliphatic hydroxyl groups is 1. The second kappa shape index (κ2) is 3.41. The van der Waals surface area contributed by atoms with Crippen LogP contribution in [0.25, 0.3) is 0 Å². The van der Waals surface area contributed by atoms with E-state index in [-0.39, 0.29) is 9.53 Å². The maximum atomic E-state index is 9.62. The van der Waals surface area contributed by atoms with Crippen LogP contribution in [0.3, 0.4) is 0 Å². The Hall–Kier alpha value is 0.200. The summed E-state index contributed by atoms with van der Waals surface area (Å²) in [5.41, 5.74) is 1.23. The summed E-state index contributed by atoms with van der Waals surface area (Å²) in [6.07, 6.45) is 2.16. The highest BCUT2D eigenvalue weighted by Gasteiger charge is 2.49. The monoisotopic (exact) mass is 308 g/mol. The number of aliphatic hydroxyl groups excluding tert-OH is 1. The molecule has 1 aliphatic rings. The maximum absolute atomic E-state index is 9.62. The zero-order valence-electron chi connectivity index (χ0n) is 7.00. The Bertz CT molecular complexity index is 303. The normalized spacial score (nSPS) is 21.2. The van der Waals surface area contributed by atoms with Crippen molar-refractivity contribution in [2.24, 2.45) is 0 Å². The summed E-state index contributed by atoms with van der Waals surface area (Å²) in [5.74, 6) is 0. The minimum atomic E-state index is -0.286. The zero-order valence-corrected chi connectivity index (χ0v) is 9.92. The van der Waals surface area contributed by atoms with Crippen LogP contribution >= 0.6 is 34.2 Å². The first-order valence-corrected chi connectivity index (χ1v) is 5.86. The molecule has 13 heavy (non-hydrogen) atoms. The maximum Gasteiger partial charge on any atom is 0.114 e. The smallest absolute Gasteiger partial charge is 0.114 e. The van der Waals surface area contributed by atoms with Crippen LogP contribution < -0.4 is 0 Å². The summed E-state index contributed by atoms with van der Waals surface area (Å²) in [7, 11) is 0. The SMILES string of the molecule is OC(I)C1(c2ccc(Cl)cc2)CC1. The molecule has 0 radical (unpaired) electrons. The summed E-state index contributed by atoms with van der Waals surface area (Å²) < 4.78 is -0.286. The molecule has 1 saturated carbocycles. The fraction of sp³-hybridized carbons (Fsp3) is 0.400. The Kier molecular flexibility index (Phi) is 2.55. The van der Waals surface area contributed by atoms with Gasteiger partial charge in [-0.25, -0.2) is 0 Å². The van der Waals surface area contributed by atoms with E-state index in [2.05, 4.69) is 22.6 Å². The van der Waals surface area contributed by atoms with Gasteiger partial charge in [0.2, 0.25) is 0 Å².